The Labute approximate surface area is 134 Å². The Bertz CT molecular complexity index is 477. The third-order valence-electron chi connectivity index (χ3n) is 1.84. The molecule has 0 unspecified atom stereocenters. The minimum Gasteiger partial charge on any atom is -0.478 e. The maximum absolute atomic E-state index is 12.0. The van der Waals surface area contributed by atoms with E-state index in [0.29, 0.717) is 12.2 Å². The van der Waals surface area contributed by atoms with Crippen molar-refractivity contribution in [2.75, 3.05) is 0 Å². The van der Waals surface area contributed by atoms with E-state index in [-0.39, 0.29) is 0 Å². The Morgan fingerprint density at radius 3 is 1.52 bits per heavy atom. The minimum atomic E-state index is -1.95. The summed E-state index contributed by atoms with van der Waals surface area (Å²) in [7, 11) is 0. The number of hydrogen-bond acceptors (Lipinski definition) is 7. The topological polar surface area (TPSA) is 116 Å². The Hall–Kier alpha value is -2.38. The lowest BCUT2D eigenvalue weighted by Crippen LogP contribution is -2.43. The third-order valence-corrected chi connectivity index (χ3v) is 1.84. The van der Waals surface area contributed by atoms with E-state index in [9.17, 15) is 19.2 Å². The number of rotatable bonds is 5. The molecule has 0 radical (unpaired) electrons. The lowest BCUT2D eigenvalue weighted by atomic mass is 10.2. The van der Waals surface area contributed by atoms with Crippen molar-refractivity contribution in [2.24, 2.45) is 0 Å². The maximum atomic E-state index is 12.0. The average molecular weight is 330 g/mol. The van der Waals surface area contributed by atoms with E-state index in [1.807, 2.05) is 0 Å². The van der Waals surface area contributed by atoms with E-state index in [2.05, 4.69) is 4.74 Å². The molecule has 0 aliphatic carbocycles. The smallest absolute Gasteiger partial charge is 0.359 e. The molecule has 0 saturated heterocycles. The van der Waals surface area contributed by atoms with Crippen molar-refractivity contribution in [1.82, 2.24) is 0 Å². The summed E-state index contributed by atoms with van der Waals surface area (Å²) in [6.07, 6.45) is -0.854. The maximum Gasteiger partial charge on any atom is 0.359 e. The first kappa shape index (κ1) is 20.6. The quantitative estimate of drug-likeness (QED) is 0.346. The molecule has 0 amide bonds. The summed E-state index contributed by atoms with van der Waals surface area (Å²) in [5.41, 5.74) is -1.83. The van der Waals surface area contributed by atoms with Crippen LogP contribution in [0.3, 0.4) is 0 Å². The number of carboxylic acid groups (broad SMARTS) is 1. The Kier molecular flexibility index (Phi) is 6.95. The van der Waals surface area contributed by atoms with Crippen molar-refractivity contribution in [3.8, 4) is 0 Å². The van der Waals surface area contributed by atoms with Gasteiger partial charge in [-0.25, -0.2) is 19.2 Å². The van der Waals surface area contributed by atoms with Gasteiger partial charge in [0.25, 0.3) is 6.10 Å². The Balaban J connectivity index is 5.22. The summed E-state index contributed by atoms with van der Waals surface area (Å²) in [4.78, 5) is 45.9. The number of hydrogen-bond donors (Lipinski definition) is 1. The van der Waals surface area contributed by atoms with E-state index in [4.69, 9.17) is 14.6 Å². The predicted molar refractivity (Wildman–Crippen MR) is 78.3 cm³/mol. The fourth-order valence-corrected chi connectivity index (χ4v) is 1.20. The first-order chi connectivity index (χ1) is 10.2. The van der Waals surface area contributed by atoms with Crippen molar-refractivity contribution in [1.29, 1.82) is 0 Å². The SMILES string of the molecule is CC(C)(C)OC(=O)C(OC(=O)/C=C/C(=O)O)C(=O)OC(C)(C)C. The van der Waals surface area contributed by atoms with Crippen molar-refractivity contribution >= 4 is 23.9 Å². The molecule has 0 atom stereocenters. The molecule has 0 aromatic rings. The normalized spacial score (nSPS) is 12.1. The average Bonchev–Trinajstić information content (AvgIpc) is 2.28. The van der Waals surface area contributed by atoms with Crippen LogP contribution in [-0.4, -0.2) is 46.3 Å². The van der Waals surface area contributed by atoms with Crippen LogP contribution in [0.1, 0.15) is 41.5 Å². The molecule has 0 aliphatic heterocycles. The number of aliphatic carboxylic acids is 1. The van der Waals surface area contributed by atoms with Gasteiger partial charge >= 0.3 is 23.9 Å². The highest BCUT2D eigenvalue weighted by Gasteiger charge is 2.37. The fraction of sp³-hybridized carbons (Fsp3) is 0.600. The second kappa shape index (κ2) is 7.75. The van der Waals surface area contributed by atoms with Crippen molar-refractivity contribution in [3.63, 3.8) is 0 Å². The van der Waals surface area contributed by atoms with E-state index < -0.39 is 41.2 Å². The van der Waals surface area contributed by atoms with Crippen LogP contribution in [-0.2, 0) is 33.4 Å². The zero-order chi connectivity index (χ0) is 18.4. The molecule has 130 valence electrons. The van der Waals surface area contributed by atoms with Gasteiger partial charge in [-0.1, -0.05) is 0 Å². The van der Waals surface area contributed by atoms with Crippen LogP contribution in [0, 0.1) is 0 Å². The molecule has 0 fully saturated rings. The second-order valence-corrected chi connectivity index (χ2v) is 6.56. The number of esters is 3. The van der Waals surface area contributed by atoms with E-state index in [1.165, 1.54) is 0 Å². The molecule has 23 heavy (non-hydrogen) atoms. The summed E-state index contributed by atoms with van der Waals surface area (Å²) in [6, 6.07) is 0. The minimum absolute atomic E-state index is 0.517. The zero-order valence-corrected chi connectivity index (χ0v) is 14.0. The summed E-state index contributed by atoms with van der Waals surface area (Å²) < 4.78 is 14.7. The Morgan fingerprint density at radius 1 is 0.826 bits per heavy atom. The van der Waals surface area contributed by atoms with Gasteiger partial charge in [0.05, 0.1) is 0 Å². The molecular formula is C15H22O8. The van der Waals surface area contributed by atoms with Crippen LogP contribution in [0.25, 0.3) is 0 Å². The molecule has 0 rings (SSSR count). The molecule has 0 spiro atoms. The van der Waals surface area contributed by atoms with Gasteiger partial charge in [-0.15, -0.1) is 0 Å². The molecule has 0 saturated carbocycles. The van der Waals surface area contributed by atoms with Crippen LogP contribution in [0.4, 0.5) is 0 Å². The number of ether oxygens (including phenoxy) is 3. The van der Waals surface area contributed by atoms with Crippen molar-refractivity contribution in [3.05, 3.63) is 12.2 Å². The van der Waals surface area contributed by atoms with Gasteiger partial charge < -0.3 is 19.3 Å². The molecule has 0 aromatic carbocycles. The highest BCUT2D eigenvalue weighted by molar-refractivity contribution is 6.01. The number of carboxylic acids is 1. The zero-order valence-electron chi connectivity index (χ0n) is 14.0. The van der Waals surface area contributed by atoms with Gasteiger partial charge in [-0.2, -0.15) is 0 Å². The number of carbonyl (C=O) groups is 4. The summed E-state index contributed by atoms with van der Waals surface area (Å²) >= 11 is 0. The monoisotopic (exact) mass is 330 g/mol. The van der Waals surface area contributed by atoms with E-state index >= 15 is 0 Å². The van der Waals surface area contributed by atoms with E-state index in [0.717, 1.165) is 0 Å². The van der Waals surface area contributed by atoms with Crippen LogP contribution in [0.5, 0.6) is 0 Å². The van der Waals surface area contributed by atoms with Crippen LogP contribution >= 0.6 is 0 Å². The van der Waals surface area contributed by atoms with Gasteiger partial charge in [-0.05, 0) is 41.5 Å². The van der Waals surface area contributed by atoms with Gasteiger partial charge in [0, 0.05) is 12.2 Å². The molecule has 8 heteroatoms. The molecule has 8 nitrogen and oxygen atoms in total. The first-order valence-electron chi connectivity index (χ1n) is 6.78. The standard InChI is InChI=1S/C15H22O8/c1-14(2,3)22-12(19)11(13(20)23-15(4,5)6)21-10(18)8-7-9(16)17/h7-8,11H,1-6H3,(H,16,17)/b8-7+. The van der Waals surface area contributed by atoms with Gasteiger partial charge in [0.15, 0.2) is 0 Å². The molecule has 1 N–H and O–H groups in total. The van der Waals surface area contributed by atoms with Gasteiger partial charge in [0.2, 0.25) is 0 Å². The van der Waals surface area contributed by atoms with E-state index in [1.54, 1.807) is 41.5 Å². The highest BCUT2D eigenvalue weighted by atomic mass is 16.6. The van der Waals surface area contributed by atoms with Crippen LogP contribution in [0.15, 0.2) is 12.2 Å². The molecule has 0 aliphatic rings. The highest BCUT2D eigenvalue weighted by Crippen LogP contribution is 2.14. The molecular weight excluding hydrogens is 308 g/mol. The largest absolute Gasteiger partial charge is 0.478 e. The van der Waals surface area contributed by atoms with Crippen LogP contribution in [0.2, 0.25) is 0 Å². The summed E-state index contributed by atoms with van der Waals surface area (Å²) in [5.74, 6) is -4.78. The lowest BCUT2D eigenvalue weighted by Gasteiger charge is -2.25. The van der Waals surface area contributed by atoms with Crippen LogP contribution < -0.4 is 0 Å². The fourth-order valence-electron chi connectivity index (χ4n) is 1.20. The third kappa shape index (κ3) is 10.0. The van der Waals surface area contributed by atoms with Crippen molar-refractivity contribution < 1.29 is 38.5 Å². The van der Waals surface area contributed by atoms with Gasteiger partial charge in [0.1, 0.15) is 11.2 Å². The summed E-state index contributed by atoms with van der Waals surface area (Å²) in [6.45, 7) is 9.44. The summed E-state index contributed by atoms with van der Waals surface area (Å²) in [5, 5.41) is 8.44. The van der Waals surface area contributed by atoms with Crippen molar-refractivity contribution in [2.45, 2.75) is 58.8 Å². The molecule has 0 bridgehead atoms. The predicted octanol–water partition coefficient (Wildman–Crippen LogP) is 1.22. The lowest BCUT2D eigenvalue weighted by molar-refractivity contribution is -0.188. The molecule has 0 aromatic heterocycles. The van der Waals surface area contributed by atoms with Gasteiger partial charge in [-0.3, -0.25) is 0 Å². The molecule has 0 heterocycles. The Morgan fingerprint density at radius 2 is 1.22 bits per heavy atom. The first-order valence-corrected chi connectivity index (χ1v) is 6.78. The number of carbonyl (C=O) groups excluding carboxylic acids is 3. The second-order valence-electron chi connectivity index (χ2n) is 6.56.